The molecule has 1 unspecified atom stereocenters. The van der Waals surface area contributed by atoms with Crippen molar-refractivity contribution in [3.05, 3.63) is 64.5 Å². The monoisotopic (exact) mass is 304 g/mol. The third kappa shape index (κ3) is 1.88. The van der Waals surface area contributed by atoms with Crippen LogP contribution in [0.1, 0.15) is 63.9 Å². The average Bonchev–Trinajstić information content (AvgIpc) is 3.02. The summed E-state index contributed by atoms with van der Waals surface area (Å²) in [5.74, 6) is 0.905. The first-order valence-electron chi connectivity index (χ1n) is 7.82. The van der Waals surface area contributed by atoms with Gasteiger partial charge in [0.25, 0.3) is 0 Å². The fourth-order valence-corrected chi connectivity index (χ4v) is 3.10. The number of aromatic amines is 1. The molecule has 1 atom stereocenters. The molecule has 114 valence electrons. The number of benzene rings is 2. The third-order valence-corrected chi connectivity index (χ3v) is 4.64. The minimum absolute atomic E-state index is 0.106. The van der Waals surface area contributed by atoms with E-state index in [0.29, 0.717) is 27.8 Å². The second-order valence-corrected chi connectivity index (χ2v) is 6.02. The first-order valence-corrected chi connectivity index (χ1v) is 7.82. The van der Waals surface area contributed by atoms with Gasteiger partial charge in [-0.25, -0.2) is 4.98 Å². The quantitative estimate of drug-likeness (QED) is 0.612. The van der Waals surface area contributed by atoms with Crippen molar-refractivity contribution in [2.75, 3.05) is 0 Å². The molecule has 2 aromatic carbocycles. The van der Waals surface area contributed by atoms with Crippen molar-refractivity contribution >= 4 is 22.6 Å². The van der Waals surface area contributed by atoms with Crippen LogP contribution in [0.25, 0.3) is 11.0 Å². The number of imidazole rings is 1. The van der Waals surface area contributed by atoms with E-state index >= 15 is 0 Å². The van der Waals surface area contributed by atoms with Crippen LogP contribution in [0.4, 0.5) is 0 Å². The van der Waals surface area contributed by atoms with Crippen LogP contribution in [0.2, 0.25) is 0 Å². The zero-order chi connectivity index (χ0) is 16.1. The van der Waals surface area contributed by atoms with Gasteiger partial charge in [0.2, 0.25) is 0 Å². The van der Waals surface area contributed by atoms with Crippen LogP contribution in [0.5, 0.6) is 0 Å². The SMILES string of the molecule is CCC(C)c1nc2c3c(ccc2[nH]1)C(=O)c1ccccc1C3=O. The summed E-state index contributed by atoms with van der Waals surface area (Å²) in [4.78, 5) is 33.5. The summed E-state index contributed by atoms with van der Waals surface area (Å²) in [6, 6.07) is 10.5. The number of hydrogen-bond donors (Lipinski definition) is 1. The van der Waals surface area contributed by atoms with Crippen molar-refractivity contribution in [2.24, 2.45) is 0 Å². The second-order valence-electron chi connectivity index (χ2n) is 6.02. The minimum Gasteiger partial charge on any atom is -0.342 e. The lowest BCUT2D eigenvalue weighted by Gasteiger charge is -2.17. The molecule has 0 amide bonds. The second kappa shape index (κ2) is 4.88. The van der Waals surface area contributed by atoms with E-state index in [4.69, 9.17) is 0 Å². The van der Waals surface area contributed by atoms with Crippen molar-refractivity contribution in [3.8, 4) is 0 Å². The number of fused-ring (bicyclic) bond motifs is 4. The van der Waals surface area contributed by atoms with Gasteiger partial charge >= 0.3 is 0 Å². The first kappa shape index (κ1) is 13.9. The summed E-state index contributed by atoms with van der Waals surface area (Å²) in [6.07, 6.45) is 0.956. The van der Waals surface area contributed by atoms with Crippen LogP contribution in [-0.2, 0) is 0 Å². The summed E-state index contributed by atoms with van der Waals surface area (Å²) in [5, 5.41) is 0. The molecule has 0 fully saturated rings. The number of hydrogen-bond acceptors (Lipinski definition) is 3. The van der Waals surface area contributed by atoms with Crippen LogP contribution >= 0.6 is 0 Å². The molecule has 3 aromatic rings. The molecule has 4 heteroatoms. The maximum atomic E-state index is 12.9. The van der Waals surface area contributed by atoms with Gasteiger partial charge in [0.15, 0.2) is 11.6 Å². The lowest BCUT2D eigenvalue weighted by molar-refractivity contribution is 0.0980. The lowest BCUT2D eigenvalue weighted by atomic mass is 9.83. The van der Waals surface area contributed by atoms with Crippen molar-refractivity contribution < 1.29 is 9.59 Å². The van der Waals surface area contributed by atoms with E-state index in [2.05, 4.69) is 23.8 Å². The molecule has 0 bridgehead atoms. The summed E-state index contributed by atoms with van der Waals surface area (Å²) >= 11 is 0. The minimum atomic E-state index is -0.122. The number of H-pyrrole nitrogens is 1. The Morgan fingerprint density at radius 3 is 2.39 bits per heavy atom. The molecule has 0 spiro atoms. The van der Waals surface area contributed by atoms with Crippen LogP contribution in [0.15, 0.2) is 36.4 Å². The van der Waals surface area contributed by atoms with Gasteiger partial charge in [0.1, 0.15) is 11.3 Å². The number of carbonyl (C=O) groups excluding carboxylic acids is 2. The van der Waals surface area contributed by atoms with E-state index in [1.54, 1.807) is 30.3 Å². The fraction of sp³-hybridized carbons (Fsp3) is 0.211. The molecule has 1 N–H and O–H groups in total. The summed E-state index contributed by atoms with van der Waals surface area (Å²) < 4.78 is 0. The van der Waals surface area contributed by atoms with Crippen molar-refractivity contribution in [2.45, 2.75) is 26.2 Å². The van der Waals surface area contributed by atoms with Crippen LogP contribution in [0.3, 0.4) is 0 Å². The van der Waals surface area contributed by atoms with E-state index in [0.717, 1.165) is 17.8 Å². The van der Waals surface area contributed by atoms with Crippen molar-refractivity contribution in [3.63, 3.8) is 0 Å². The number of nitrogens with zero attached hydrogens (tertiary/aromatic N) is 1. The number of nitrogens with one attached hydrogen (secondary N) is 1. The summed E-state index contributed by atoms with van der Waals surface area (Å²) in [6.45, 7) is 4.19. The molecule has 4 nitrogen and oxygen atoms in total. The molecule has 0 radical (unpaired) electrons. The third-order valence-electron chi connectivity index (χ3n) is 4.64. The summed E-state index contributed by atoms with van der Waals surface area (Å²) in [5.41, 5.74) is 3.22. The molecule has 1 aliphatic carbocycles. The zero-order valence-electron chi connectivity index (χ0n) is 13.0. The van der Waals surface area contributed by atoms with Gasteiger partial charge in [-0.15, -0.1) is 0 Å². The smallest absolute Gasteiger partial charge is 0.196 e. The largest absolute Gasteiger partial charge is 0.342 e. The van der Waals surface area contributed by atoms with Gasteiger partial charge in [-0.3, -0.25) is 9.59 Å². The first-order chi connectivity index (χ1) is 11.1. The van der Waals surface area contributed by atoms with E-state index in [1.807, 2.05) is 6.07 Å². The Balaban J connectivity index is 2.01. The van der Waals surface area contributed by atoms with Gasteiger partial charge in [0, 0.05) is 22.6 Å². The van der Waals surface area contributed by atoms with E-state index < -0.39 is 0 Å². The standard InChI is InChI=1S/C19H16N2O2/c1-3-10(2)19-20-14-9-8-13-15(16(14)21-19)18(23)12-7-5-4-6-11(12)17(13)22/h4-10H,3H2,1-2H3,(H,20,21). The highest BCUT2D eigenvalue weighted by Gasteiger charge is 2.32. The van der Waals surface area contributed by atoms with Crippen LogP contribution in [-0.4, -0.2) is 21.5 Å². The highest BCUT2D eigenvalue weighted by Crippen LogP contribution is 2.32. The number of ketones is 2. The molecule has 1 aromatic heterocycles. The summed E-state index contributed by atoms with van der Waals surface area (Å²) in [7, 11) is 0. The fourth-order valence-electron chi connectivity index (χ4n) is 3.10. The van der Waals surface area contributed by atoms with E-state index in [1.165, 1.54) is 0 Å². The zero-order valence-corrected chi connectivity index (χ0v) is 13.0. The lowest BCUT2D eigenvalue weighted by Crippen LogP contribution is -2.21. The maximum Gasteiger partial charge on any atom is 0.196 e. The van der Waals surface area contributed by atoms with E-state index in [9.17, 15) is 9.59 Å². The predicted octanol–water partition coefficient (Wildman–Crippen LogP) is 3.85. The molecule has 4 rings (SSSR count). The molecular weight excluding hydrogens is 288 g/mol. The molecule has 0 aliphatic heterocycles. The normalized spacial score (nSPS) is 14.7. The van der Waals surface area contributed by atoms with E-state index in [-0.39, 0.29) is 17.5 Å². The molecule has 0 saturated carbocycles. The van der Waals surface area contributed by atoms with Gasteiger partial charge < -0.3 is 4.98 Å². The van der Waals surface area contributed by atoms with Gasteiger partial charge in [-0.1, -0.05) is 38.1 Å². The number of rotatable bonds is 2. The molecular formula is C19H16N2O2. The highest BCUT2D eigenvalue weighted by atomic mass is 16.1. The molecule has 1 heterocycles. The topological polar surface area (TPSA) is 62.8 Å². The van der Waals surface area contributed by atoms with Crippen LogP contribution in [0, 0.1) is 0 Å². The Morgan fingerprint density at radius 2 is 1.70 bits per heavy atom. The van der Waals surface area contributed by atoms with Gasteiger partial charge in [-0.2, -0.15) is 0 Å². The van der Waals surface area contributed by atoms with Crippen molar-refractivity contribution in [1.82, 2.24) is 9.97 Å². The Kier molecular flexibility index (Phi) is 2.94. The van der Waals surface area contributed by atoms with Gasteiger partial charge in [-0.05, 0) is 18.6 Å². The maximum absolute atomic E-state index is 12.9. The molecule has 1 aliphatic rings. The Labute approximate surface area is 133 Å². The number of aromatic nitrogens is 2. The Bertz CT molecular complexity index is 969. The highest BCUT2D eigenvalue weighted by molar-refractivity contribution is 6.31. The number of carbonyl (C=O) groups is 2. The Hall–Kier alpha value is -2.75. The molecule has 0 saturated heterocycles. The Morgan fingerprint density at radius 1 is 1.00 bits per heavy atom. The van der Waals surface area contributed by atoms with Crippen LogP contribution < -0.4 is 0 Å². The average molecular weight is 304 g/mol. The predicted molar refractivity (Wildman–Crippen MR) is 88.1 cm³/mol. The van der Waals surface area contributed by atoms with Gasteiger partial charge in [0.05, 0.1) is 11.1 Å². The van der Waals surface area contributed by atoms with Crippen molar-refractivity contribution in [1.29, 1.82) is 0 Å². The molecule has 23 heavy (non-hydrogen) atoms.